The van der Waals surface area contributed by atoms with Crippen LogP contribution < -0.4 is 27.4 Å². The average molecular weight is 587 g/mol. The smallest absolute Gasteiger partial charge is 0.326 e. The molecular weight excluding hydrogens is 552 g/mol. The molecule has 14 nitrogen and oxygen atoms in total. The molecule has 41 heavy (non-hydrogen) atoms. The molecule has 0 radical (unpaired) electrons. The molecule has 0 bridgehead atoms. The van der Waals surface area contributed by atoms with Crippen LogP contribution in [0.4, 0.5) is 0 Å². The Labute approximate surface area is 239 Å². The van der Waals surface area contributed by atoms with Crippen molar-refractivity contribution in [2.24, 2.45) is 11.5 Å². The minimum atomic E-state index is -1.50. The molecule has 4 unspecified atom stereocenters. The molecule has 4 amide bonds. The number of aliphatic carboxylic acids is 1. The Morgan fingerprint density at radius 3 is 2.32 bits per heavy atom. The maximum atomic E-state index is 13.5. The number of nitrogens with zero attached hydrogens (tertiary/aromatic N) is 1. The number of aromatic nitrogens is 3. The lowest BCUT2D eigenvalue weighted by Crippen LogP contribution is -2.58. The quantitative estimate of drug-likeness (QED) is 0.104. The first kappa shape index (κ1) is 31.2. The zero-order valence-electron chi connectivity index (χ0n) is 22.4. The first-order valence-corrected chi connectivity index (χ1v) is 14.2. The normalized spacial score (nSPS) is 14.0. The van der Waals surface area contributed by atoms with Gasteiger partial charge in [0.2, 0.25) is 23.6 Å². The number of rotatable bonds is 16. The molecule has 4 atom stereocenters. The molecule has 0 aliphatic heterocycles. The summed E-state index contributed by atoms with van der Waals surface area (Å²) < 4.78 is 0. The van der Waals surface area contributed by atoms with Crippen LogP contribution in [0.3, 0.4) is 0 Å². The van der Waals surface area contributed by atoms with E-state index in [1.165, 1.54) is 24.3 Å². The van der Waals surface area contributed by atoms with Gasteiger partial charge in [0.1, 0.15) is 18.1 Å². The number of hydrogen-bond acceptors (Lipinski definition) is 8. The highest BCUT2D eigenvalue weighted by molar-refractivity contribution is 7.98. The molecule has 0 fully saturated rings. The molecule has 15 heteroatoms. The second kappa shape index (κ2) is 14.9. The fourth-order valence-electron chi connectivity index (χ4n) is 4.16. The second-order valence-electron chi connectivity index (χ2n) is 9.42. The van der Waals surface area contributed by atoms with Crippen LogP contribution in [0.2, 0.25) is 0 Å². The number of primary amides is 1. The van der Waals surface area contributed by atoms with Crippen LogP contribution in [-0.2, 0) is 36.8 Å². The number of aromatic amines is 2. The van der Waals surface area contributed by atoms with Crippen molar-refractivity contribution in [1.29, 1.82) is 0 Å². The molecule has 3 aromatic rings. The summed E-state index contributed by atoms with van der Waals surface area (Å²) in [4.78, 5) is 72.7. The summed E-state index contributed by atoms with van der Waals surface area (Å²) in [6.07, 6.45) is 6.07. The van der Waals surface area contributed by atoms with Crippen molar-refractivity contribution in [1.82, 2.24) is 30.9 Å². The van der Waals surface area contributed by atoms with Crippen LogP contribution in [0.25, 0.3) is 10.9 Å². The summed E-state index contributed by atoms with van der Waals surface area (Å²) in [6, 6.07) is 2.47. The summed E-state index contributed by atoms with van der Waals surface area (Å²) in [7, 11) is 0. The number of amides is 4. The highest BCUT2D eigenvalue weighted by Crippen LogP contribution is 2.19. The summed E-state index contributed by atoms with van der Waals surface area (Å²) in [6.45, 7) is 0. The highest BCUT2D eigenvalue weighted by atomic mass is 32.2. The van der Waals surface area contributed by atoms with Crippen LogP contribution in [0.15, 0.2) is 43.0 Å². The first-order chi connectivity index (χ1) is 19.6. The average Bonchev–Trinajstić information content (AvgIpc) is 3.60. The standard InChI is InChI=1S/C26H34N8O6S/c1-41-7-6-17(27)23(36)32-19(8-14-11-30-18-5-3-2-4-16(14)18)24(37)33-20(10-22(28)35)25(38)34-21(26(39)40)9-15-12-29-13-31-15/h2-5,11-13,17,19-21,30H,6-10,27H2,1H3,(H2,28,35)(H,29,31)(H,32,36)(H,33,37)(H,34,38)(H,39,40). The Kier molecular flexibility index (Phi) is 11.3. The van der Waals surface area contributed by atoms with Crippen LogP contribution in [-0.4, -0.2) is 85.8 Å². The van der Waals surface area contributed by atoms with Crippen LogP contribution in [0.5, 0.6) is 0 Å². The third-order valence-corrected chi connectivity index (χ3v) is 6.98. The van der Waals surface area contributed by atoms with E-state index in [1.807, 2.05) is 30.5 Å². The monoisotopic (exact) mass is 586 g/mol. The maximum Gasteiger partial charge on any atom is 0.326 e. The van der Waals surface area contributed by atoms with E-state index in [1.54, 1.807) is 6.20 Å². The molecule has 2 aromatic heterocycles. The van der Waals surface area contributed by atoms with Gasteiger partial charge in [0, 0.05) is 41.8 Å². The third kappa shape index (κ3) is 9.08. The van der Waals surface area contributed by atoms with E-state index in [-0.39, 0.29) is 12.8 Å². The van der Waals surface area contributed by atoms with Gasteiger partial charge in [-0.25, -0.2) is 9.78 Å². The number of carboxylic acid groups (broad SMARTS) is 1. The predicted molar refractivity (Wildman–Crippen MR) is 153 cm³/mol. The van der Waals surface area contributed by atoms with Crippen molar-refractivity contribution in [3.05, 3.63) is 54.2 Å². The Bertz CT molecular complexity index is 1360. The maximum absolute atomic E-state index is 13.5. The fraction of sp³-hybridized carbons (Fsp3) is 0.385. The van der Waals surface area contributed by atoms with E-state index >= 15 is 0 Å². The van der Waals surface area contributed by atoms with E-state index < -0.39 is 60.2 Å². The molecule has 220 valence electrons. The first-order valence-electron chi connectivity index (χ1n) is 12.8. The Balaban J connectivity index is 1.81. The molecule has 0 spiro atoms. The van der Waals surface area contributed by atoms with Gasteiger partial charge in [-0.05, 0) is 30.1 Å². The van der Waals surface area contributed by atoms with E-state index in [4.69, 9.17) is 11.5 Å². The highest BCUT2D eigenvalue weighted by Gasteiger charge is 2.32. The van der Waals surface area contributed by atoms with Crippen molar-refractivity contribution >= 4 is 52.3 Å². The fourth-order valence-corrected chi connectivity index (χ4v) is 4.65. The number of carbonyl (C=O) groups excluding carboxylic acids is 4. The number of para-hydroxylation sites is 1. The van der Waals surface area contributed by atoms with Crippen molar-refractivity contribution in [2.75, 3.05) is 12.0 Å². The topological polar surface area (TPSA) is 238 Å². The largest absolute Gasteiger partial charge is 0.480 e. The van der Waals surface area contributed by atoms with Crippen LogP contribution in [0.1, 0.15) is 24.1 Å². The number of nitrogens with two attached hydrogens (primary N) is 2. The van der Waals surface area contributed by atoms with Gasteiger partial charge in [-0.2, -0.15) is 11.8 Å². The molecule has 0 aliphatic carbocycles. The molecule has 0 saturated heterocycles. The molecule has 2 heterocycles. The number of nitrogens with one attached hydrogen (secondary N) is 5. The van der Waals surface area contributed by atoms with Crippen molar-refractivity contribution in [2.45, 2.75) is 49.9 Å². The van der Waals surface area contributed by atoms with Crippen molar-refractivity contribution in [3.8, 4) is 0 Å². The Hall–Kier alpha value is -4.37. The number of thioether (sulfide) groups is 1. The SMILES string of the molecule is CSCCC(N)C(=O)NC(Cc1c[nH]c2ccccc12)C(=O)NC(CC(N)=O)C(=O)NC(Cc1cnc[nH]1)C(=O)O. The summed E-state index contributed by atoms with van der Waals surface area (Å²) in [5.41, 5.74) is 13.3. The lowest BCUT2D eigenvalue weighted by atomic mass is 10.0. The van der Waals surface area contributed by atoms with Gasteiger partial charge >= 0.3 is 5.97 Å². The minimum Gasteiger partial charge on any atom is -0.480 e. The summed E-state index contributed by atoms with van der Waals surface area (Å²) in [5, 5.41) is 17.9. The third-order valence-electron chi connectivity index (χ3n) is 6.33. The molecular formula is C26H34N8O6S. The lowest BCUT2D eigenvalue weighted by molar-refractivity contribution is -0.142. The van der Waals surface area contributed by atoms with Gasteiger partial charge in [0.05, 0.1) is 18.8 Å². The molecule has 10 N–H and O–H groups in total. The van der Waals surface area contributed by atoms with Crippen molar-refractivity contribution in [3.63, 3.8) is 0 Å². The lowest BCUT2D eigenvalue weighted by Gasteiger charge is -2.24. The molecule has 1 aromatic carbocycles. The van der Waals surface area contributed by atoms with Crippen LogP contribution >= 0.6 is 11.8 Å². The minimum absolute atomic E-state index is 0.0410. The number of carbonyl (C=O) groups is 5. The van der Waals surface area contributed by atoms with E-state index in [0.717, 1.165) is 16.5 Å². The van der Waals surface area contributed by atoms with E-state index in [2.05, 4.69) is 30.9 Å². The number of fused-ring (bicyclic) bond motifs is 1. The summed E-state index contributed by atoms with van der Waals surface area (Å²) in [5.74, 6) is -3.86. The van der Waals surface area contributed by atoms with Gasteiger partial charge in [-0.15, -0.1) is 0 Å². The van der Waals surface area contributed by atoms with E-state index in [9.17, 15) is 29.1 Å². The van der Waals surface area contributed by atoms with E-state index in [0.29, 0.717) is 17.9 Å². The molecule has 0 saturated carbocycles. The van der Waals surface area contributed by atoms with Gasteiger partial charge in [-0.3, -0.25) is 19.2 Å². The van der Waals surface area contributed by atoms with Crippen molar-refractivity contribution < 1.29 is 29.1 Å². The molecule has 0 aliphatic rings. The Morgan fingerprint density at radius 1 is 0.976 bits per heavy atom. The zero-order chi connectivity index (χ0) is 29.9. The number of imidazole rings is 1. The van der Waals surface area contributed by atoms with Gasteiger partial charge in [0.15, 0.2) is 0 Å². The number of H-pyrrole nitrogens is 2. The number of hydrogen-bond donors (Lipinski definition) is 8. The predicted octanol–water partition coefficient (Wildman–Crippen LogP) is -0.829. The number of carboxylic acids is 1. The zero-order valence-corrected chi connectivity index (χ0v) is 23.2. The van der Waals surface area contributed by atoms with Gasteiger partial charge < -0.3 is 42.5 Å². The second-order valence-corrected chi connectivity index (χ2v) is 10.4. The Morgan fingerprint density at radius 2 is 1.66 bits per heavy atom. The van der Waals surface area contributed by atoms with Crippen LogP contribution in [0, 0.1) is 0 Å². The summed E-state index contributed by atoms with van der Waals surface area (Å²) >= 11 is 1.52. The van der Waals surface area contributed by atoms with Gasteiger partial charge in [-0.1, -0.05) is 18.2 Å². The number of benzene rings is 1. The molecule has 3 rings (SSSR count). The van der Waals surface area contributed by atoms with Gasteiger partial charge in [0.25, 0.3) is 0 Å².